The van der Waals surface area contributed by atoms with Gasteiger partial charge in [-0.15, -0.1) is 6.42 Å². The van der Waals surface area contributed by atoms with Crippen LogP contribution in [0.15, 0.2) is 54.9 Å². The maximum atomic E-state index is 5.52. The molecule has 2 aromatic heterocycles. The zero-order valence-electron chi connectivity index (χ0n) is 19.8. The number of aromatic nitrogens is 3. The van der Waals surface area contributed by atoms with Gasteiger partial charge in [0.15, 0.2) is 16.6 Å². The molecule has 0 amide bonds. The molecule has 0 aliphatic carbocycles. The fourth-order valence-corrected chi connectivity index (χ4v) is 4.39. The Kier molecular flexibility index (Phi) is 8.59. The van der Waals surface area contributed by atoms with E-state index in [1.54, 1.807) is 14.2 Å². The van der Waals surface area contributed by atoms with Crippen molar-refractivity contribution in [3.63, 3.8) is 0 Å². The van der Waals surface area contributed by atoms with E-state index >= 15 is 0 Å². The van der Waals surface area contributed by atoms with Gasteiger partial charge in [0.1, 0.15) is 11.0 Å². The van der Waals surface area contributed by atoms with Crippen molar-refractivity contribution in [2.24, 2.45) is 0 Å². The number of rotatable bonds is 12. The Morgan fingerprint density at radius 2 is 1.74 bits per heavy atom. The number of ether oxygens (including phenoxy) is 2. The molecule has 2 heterocycles. The number of hydrogen-bond donors (Lipinski definition) is 2. The molecule has 2 aromatic carbocycles. The van der Waals surface area contributed by atoms with E-state index in [-0.39, 0.29) is 0 Å². The van der Waals surface area contributed by atoms with E-state index in [2.05, 4.69) is 60.7 Å². The van der Waals surface area contributed by atoms with Crippen LogP contribution < -0.4 is 10.6 Å². The van der Waals surface area contributed by atoms with Gasteiger partial charge in [0, 0.05) is 50.8 Å². The Morgan fingerprint density at radius 3 is 2.46 bits per heavy atom. The fourth-order valence-electron chi connectivity index (χ4n) is 3.51. The number of methoxy groups -OCH3 is 2. The number of benzene rings is 2. The predicted octanol–water partition coefficient (Wildman–Crippen LogP) is 4.65. The summed E-state index contributed by atoms with van der Waals surface area (Å²) < 4.78 is 11.3. The highest BCUT2D eigenvalue weighted by molar-refractivity contribution is 7.22. The van der Waals surface area contributed by atoms with Crippen molar-refractivity contribution in [1.82, 2.24) is 19.9 Å². The maximum Gasteiger partial charge on any atom is 0.189 e. The summed E-state index contributed by atoms with van der Waals surface area (Å²) in [5.74, 6) is 3.34. The van der Waals surface area contributed by atoms with E-state index < -0.39 is 0 Å². The number of fused-ring (bicyclic) bond motifs is 1. The van der Waals surface area contributed by atoms with E-state index in [0.29, 0.717) is 24.7 Å². The molecule has 35 heavy (non-hydrogen) atoms. The van der Waals surface area contributed by atoms with Gasteiger partial charge < -0.3 is 20.1 Å². The summed E-state index contributed by atoms with van der Waals surface area (Å²) in [6.07, 6.45) is 7.03. The molecular weight excluding hydrogens is 460 g/mol. The summed E-state index contributed by atoms with van der Waals surface area (Å²) in [6.45, 7) is 3.93. The van der Waals surface area contributed by atoms with Crippen LogP contribution in [0.4, 0.5) is 22.3 Å². The standard InChI is InChI=1S/C26H28N6O2S/c1-4-19-6-5-7-22(16-19)29-24-23-25(28-18-27-24)31-26(35-23)30-21-10-8-20(9-11-21)17-32(12-14-33-2)13-15-34-3/h1,5-11,16,18H,12-15,17H2,2-3H3,(H2,27,28,29,30,31). The van der Waals surface area contributed by atoms with Crippen LogP contribution in [0.2, 0.25) is 0 Å². The van der Waals surface area contributed by atoms with Gasteiger partial charge in [-0.1, -0.05) is 35.5 Å². The Bertz CT molecular complexity index is 1280. The molecule has 0 aliphatic rings. The van der Waals surface area contributed by atoms with Crippen molar-refractivity contribution in [2.45, 2.75) is 6.54 Å². The van der Waals surface area contributed by atoms with Crippen LogP contribution in [-0.2, 0) is 16.0 Å². The molecular formula is C26H28N6O2S. The molecule has 0 atom stereocenters. The Balaban J connectivity index is 1.45. The normalized spacial score (nSPS) is 11.0. The molecule has 4 rings (SSSR count). The third kappa shape index (κ3) is 6.74. The third-order valence-corrected chi connectivity index (χ3v) is 6.28. The second-order valence-electron chi connectivity index (χ2n) is 7.83. The molecule has 0 saturated heterocycles. The first kappa shape index (κ1) is 24.6. The summed E-state index contributed by atoms with van der Waals surface area (Å²) in [6, 6.07) is 16.0. The number of anilines is 4. The number of thiazole rings is 1. The third-order valence-electron chi connectivity index (χ3n) is 5.32. The summed E-state index contributed by atoms with van der Waals surface area (Å²) in [5, 5.41) is 7.46. The second kappa shape index (κ2) is 12.2. The first-order valence-corrected chi connectivity index (χ1v) is 12.0. The molecule has 9 heteroatoms. The van der Waals surface area contributed by atoms with E-state index in [0.717, 1.165) is 46.4 Å². The summed E-state index contributed by atoms with van der Waals surface area (Å²) in [5.41, 5.74) is 4.47. The minimum atomic E-state index is 0.631. The molecule has 0 radical (unpaired) electrons. The molecule has 0 saturated carbocycles. The van der Waals surface area contributed by atoms with Crippen LogP contribution in [0, 0.1) is 12.3 Å². The highest BCUT2D eigenvalue weighted by Crippen LogP contribution is 2.32. The van der Waals surface area contributed by atoms with Crippen molar-refractivity contribution in [3.8, 4) is 12.3 Å². The minimum Gasteiger partial charge on any atom is -0.383 e. The van der Waals surface area contributed by atoms with Crippen LogP contribution in [0.5, 0.6) is 0 Å². The lowest BCUT2D eigenvalue weighted by molar-refractivity contribution is 0.110. The van der Waals surface area contributed by atoms with E-state index in [1.165, 1.54) is 23.2 Å². The molecule has 0 aliphatic heterocycles. The zero-order valence-corrected chi connectivity index (χ0v) is 20.6. The molecule has 4 aromatic rings. The topological polar surface area (TPSA) is 84.4 Å². The molecule has 0 unspecified atom stereocenters. The Labute approximate surface area is 209 Å². The lowest BCUT2D eigenvalue weighted by Gasteiger charge is -2.21. The van der Waals surface area contributed by atoms with Crippen molar-refractivity contribution in [1.29, 1.82) is 0 Å². The molecule has 2 N–H and O–H groups in total. The largest absolute Gasteiger partial charge is 0.383 e. The zero-order chi connectivity index (χ0) is 24.5. The molecule has 180 valence electrons. The van der Waals surface area contributed by atoms with E-state index in [4.69, 9.17) is 15.9 Å². The van der Waals surface area contributed by atoms with Crippen molar-refractivity contribution >= 4 is 44.0 Å². The highest BCUT2D eigenvalue weighted by Gasteiger charge is 2.12. The van der Waals surface area contributed by atoms with Gasteiger partial charge in [0.05, 0.1) is 13.2 Å². The van der Waals surface area contributed by atoms with Crippen molar-refractivity contribution < 1.29 is 9.47 Å². The first-order valence-electron chi connectivity index (χ1n) is 11.2. The van der Waals surface area contributed by atoms with Gasteiger partial charge in [0.25, 0.3) is 0 Å². The Hall–Kier alpha value is -3.55. The first-order chi connectivity index (χ1) is 17.2. The lowest BCUT2D eigenvalue weighted by Crippen LogP contribution is -2.30. The average molecular weight is 489 g/mol. The van der Waals surface area contributed by atoms with Crippen molar-refractivity contribution in [3.05, 3.63) is 66.0 Å². The summed E-state index contributed by atoms with van der Waals surface area (Å²) >= 11 is 1.49. The molecule has 0 spiro atoms. The number of nitrogens with zero attached hydrogens (tertiary/aromatic N) is 4. The van der Waals surface area contributed by atoms with E-state index in [1.807, 2.05) is 24.3 Å². The van der Waals surface area contributed by atoms with Crippen LogP contribution in [0.1, 0.15) is 11.1 Å². The van der Waals surface area contributed by atoms with Crippen LogP contribution >= 0.6 is 11.3 Å². The van der Waals surface area contributed by atoms with Crippen molar-refractivity contribution in [2.75, 3.05) is 51.2 Å². The number of terminal acetylenes is 1. The molecule has 8 nitrogen and oxygen atoms in total. The molecule has 0 fully saturated rings. The van der Waals surface area contributed by atoms with E-state index in [9.17, 15) is 0 Å². The fraction of sp³-hybridized carbons (Fsp3) is 0.269. The van der Waals surface area contributed by atoms with Gasteiger partial charge in [-0.25, -0.2) is 9.97 Å². The van der Waals surface area contributed by atoms with Crippen LogP contribution in [0.3, 0.4) is 0 Å². The van der Waals surface area contributed by atoms with Gasteiger partial charge in [-0.2, -0.15) is 4.98 Å². The van der Waals surface area contributed by atoms with Gasteiger partial charge in [-0.05, 0) is 35.9 Å². The monoisotopic (exact) mass is 488 g/mol. The van der Waals surface area contributed by atoms with Crippen LogP contribution in [0.25, 0.3) is 10.3 Å². The number of hydrogen-bond acceptors (Lipinski definition) is 9. The highest BCUT2D eigenvalue weighted by atomic mass is 32.1. The predicted molar refractivity (Wildman–Crippen MR) is 142 cm³/mol. The maximum absolute atomic E-state index is 5.52. The minimum absolute atomic E-state index is 0.631. The average Bonchev–Trinajstić information content (AvgIpc) is 3.30. The molecule has 0 bridgehead atoms. The summed E-state index contributed by atoms with van der Waals surface area (Å²) in [4.78, 5) is 15.7. The quantitative estimate of drug-likeness (QED) is 0.279. The summed E-state index contributed by atoms with van der Waals surface area (Å²) in [7, 11) is 3.44. The van der Waals surface area contributed by atoms with Gasteiger partial charge in [0.2, 0.25) is 0 Å². The smallest absolute Gasteiger partial charge is 0.189 e. The lowest BCUT2D eigenvalue weighted by atomic mass is 10.2. The Morgan fingerprint density at radius 1 is 0.971 bits per heavy atom. The van der Waals surface area contributed by atoms with Crippen LogP contribution in [-0.4, -0.2) is 60.4 Å². The van der Waals surface area contributed by atoms with Gasteiger partial charge in [-0.3, -0.25) is 4.90 Å². The second-order valence-corrected chi connectivity index (χ2v) is 8.83. The number of nitrogens with one attached hydrogen (secondary N) is 2. The van der Waals surface area contributed by atoms with Gasteiger partial charge >= 0.3 is 0 Å². The SMILES string of the molecule is C#Cc1cccc(Nc2ncnc3nc(Nc4ccc(CN(CCOC)CCOC)cc4)sc23)c1.